The molecule has 3 rings (SSSR count). The Balaban J connectivity index is 1.68. The fourth-order valence-corrected chi connectivity index (χ4v) is 3.29. The summed E-state index contributed by atoms with van der Waals surface area (Å²) < 4.78 is 52.0. The molecule has 3 nitrogen and oxygen atoms in total. The van der Waals surface area contributed by atoms with Crippen LogP contribution in [-0.4, -0.2) is 10.7 Å². The van der Waals surface area contributed by atoms with Gasteiger partial charge in [0.1, 0.15) is 18.1 Å². The molecule has 0 N–H and O–H groups in total. The standard InChI is InChI=1S/C15H9BrF3NO2S/c16-9-1-6-12-13(20-23-14(12)7-9)8-21-10-2-4-11(5-3-10)22-15(17,18)19/h1-7H,8H2. The molecule has 0 radical (unpaired) electrons. The fourth-order valence-electron chi connectivity index (χ4n) is 1.96. The predicted molar refractivity (Wildman–Crippen MR) is 84.8 cm³/mol. The van der Waals surface area contributed by atoms with Gasteiger partial charge < -0.3 is 9.47 Å². The second kappa shape index (κ2) is 6.37. The Kier molecular flexibility index (Phi) is 4.45. The normalized spacial score (nSPS) is 11.7. The molecule has 0 spiro atoms. The Hall–Kier alpha value is -1.80. The molecule has 0 unspecified atom stereocenters. The zero-order chi connectivity index (χ0) is 16.4. The Bertz CT molecular complexity index is 818. The lowest BCUT2D eigenvalue weighted by atomic mass is 10.2. The van der Waals surface area contributed by atoms with E-state index in [0.717, 1.165) is 20.3 Å². The minimum atomic E-state index is -4.70. The molecule has 0 aliphatic rings. The van der Waals surface area contributed by atoms with Gasteiger partial charge in [0.25, 0.3) is 0 Å². The summed E-state index contributed by atoms with van der Waals surface area (Å²) in [6, 6.07) is 11.1. The molecule has 1 aromatic heterocycles. The average molecular weight is 404 g/mol. The highest BCUT2D eigenvalue weighted by Crippen LogP contribution is 2.28. The first-order valence-electron chi connectivity index (χ1n) is 6.43. The van der Waals surface area contributed by atoms with Gasteiger partial charge in [0.15, 0.2) is 0 Å². The van der Waals surface area contributed by atoms with Gasteiger partial charge >= 0.3 is 6.36 Å². The lowest BCUT2D eigenvalue weighted by Gasteiger charge is -2.09. The summed E-state index contributed by atoms with van der Waals surface area (Å²) >= 11 is 4.77. The van der Waals surface area contributed by atoms with Gasteiger partial charge in [0.05, 0.1) is 10.4 Å². The molecule has 0 saturated heterocycles. The van der Waals surface area contributed by atoms with Crippen LogP contribution in [-0.2, 0) is 6.61 Å². The van der Waals surface area contributed by atoms with E-state index in [1.165, 1.54) is 35.8 Å². The lowest BCUT2D eigenvalue weighted by Crippen LogP contribution is -2.16. The number of alkyl halides is 3. The van der Waals surface area contributed by atoms with Crippen LogP contribution in [0.5, 0.6) is 11.5 Å². The van der Waals surface area contributed by atoms with Gasteiger partial charge in [-0.1, -0.05) is 22.0 Å². The summed E-state index contributed by atoms with van der Waals surface area (Å²) in [5, 5.41) is 0.996. The van der Waals surface area contributed by atoms with Crippen LogP contribution in [0, 0.1) is 0 Å². The first-order chi connectivity index (χ1) is 10.9. The van der Waals surface area contributed by atoms with Crippen molar-refractivity contribution in [3.8, 4) is 11.5 Å². The number of ether oxygens (including phenoxy) is 2. The van der Waals surface area contributed by atoms with Gasteiger partial charge in [-0.25, -0.2) is 0 Å². The Morgan fingerprint density at radius 1 is 1.04 bits per heavy atom. The molecular formula is C15H9BrF3NO2S. The summed E-state index contributed by atoms with van der Waals surface area (Å²) in [6.45, 7) is 0.237. The summed E-state index contributed by atoms with van der Waals surface area (Å²) in [5.41, 5.74) is 0.785. The lowest BCUT2D eigenvalue weighted by molar-refractivity contribution is -0.274. The van der Waals surface area contributed by atoms with Crippen molar-refractivity contribution < 1.29 is 22.6 Å². The van der Waals surface area contributed by atoms with Crippen LogP contribution in [0.1, 0.15) is 5.69 Å². The van der Waals surface area contributed by atoms with Crippen molar-refractivity contribution in [3.63, 3.8) is 0 Å². The number of aromatic nitrogens is 1. The van der Waals surface area contributed by atoms with E-state index in [1.54, 1.807) is 0 Å². The SMILES string of the molecule is FC(F)(F)Oc1ccc(OCc2nsc3cc(Br)ccc23)cc1. The van der Waals surface area contributed by atoms with E-state index in [4.69, 9.17) is 4.74 Å². The Labute approximate surface area is 141 Å². The van der Waals surface area contributed by atoms with Gasteiger partial charge in [-0.15, -0.1) is 13.2 Å². The minimum absolute atomic E-state index is 0.237. The number of fused-ring (bicyclic) bond motifs is 1. The van der Waals surface area contributed by atoms with E-state index < -0.39 is 6.36 Å². The van der Waals surface area contributed by atoms with E-state index in [-0.39, 0.29) is 12.4 Å². The largest absolute Gasteiger partial charge is 0.573 e. The summed E-state index contributed by atoms with van der Waals surface area (Å²) in [4.78, 5) is 0. The topological polar surface area (TPSA) is 31.4 Å². The van der Waals surface area contributed by atoms with Crippen LogP contribution >= 0.6 is 27.5 Å². The molecule has 0 fully saturated rings. The maximum Gasteiger partial charge on any atom is 0.573 e. The molecule has 0 saturated carbocycles. The fraction of sp³-hybridized carbons (Fsp3) is 0.133. The highest BCUT2D eigenvalue weighted by Gasteiger charge is 2.30. The quantitative estimate of drug-likeness (QED) is 0.573. The zero-order valence-corrected chi connectivity index (χ0v) is 13.8. The van der Waals surface area contributed by atoms with Crippen LogP contribution in [0.25, 0.3) is 10.1 Å². The number of halogens is 4. The molecule has 0 aliphatic heterocycles. The van der Waals surface area contributed by atoms with Crippen molar-refractivity contribution in [1.29, 1.82) is 0 Å². The van der Waals surface area contributed by atoms with Gasteiger partial charge in [0, 0.05) is 9.86 Å². The minimum Gasteiger partial charge on any atom is -0.487 e. The molecule has 0 amide bonds. The molecule has 23 heavy (non-hydrogen) atoms. The third kappa shape index (κ3) is 4.14. The predicted octanol–water partition coefficient (Wildman–Crippen LogP) is 5.54. The van der Waals surface area contributed by atoms with E-state index >= 15 is 0 Å². The van der Waals surface area contributed by atoms with Crippen molar-refractivity contribution in [2.24, 2.45) is 0 Å². The van der Waals surface area contributed by atoms with Gasteiger partial charge in [-0.05, 0) is 47.9 Å². The van der Waals surface area contributed by atoms with Crippen molar-refractivity contribution in [3.05, 3.63) is 52.6 Å². The van der Waals surface area contributed by atoms with Gasteiger partial charge in [-0.3, -0.25) is 0 Å². The van der Waals surface area contributed by atoms with E-state index in [9.17, 15) is 13.2 Å². The summed E-state index contributed by atoms with van der Waals surface area (Å²) in [6.07, 6.45) is -4.70. The molecule has 1 heterocycles. The second-order valence-corrected chi connectivity index (χ2v) is 6.30. The molecule has 0 bridgehead atoms. The van der Waals surface area contributed by atoms with Gasteiger partial charge in [0.2, 0.25) is 0 Å². The average Bonchev–Trinajstić information content (AvgIpc) is 2.87. The highest BCUT2D eigenvalue weighted by molar-refractivity contribution is 9.10. The molecule has 120 valence electrons. The third-order valence-electron chi connectivity index (χ3n) is 2.94. The summed E-state index contributed by atoms with van der Waals surface area (Å²) in [7, 11) is 0. The smallest absolute Gasteiger partial charge is 0.487 e. The second-order valence-electron chi connectivity index (χ2n) is 4.58. The van der Waals surface area contributed by atoms with E-state index in [1.807, 2.05) is 18.2 Å². The van der Waals surface area contributed by atoms with Crippen molar-refractivity contribution in [2.45, 2.75) is 13.0 Å². The first kappa shape index (κ1) is 16.1. The molecule has 0 atom stereocenters. The van der Waals surface area contributed by atoms with Crippen LogP contribution < -0.4 is 9.47 Å². The number of hydrogen-bond donors (Lipinski definition) is 0. The van der Waals surface area contributed by atoms with Crippen LogP contribution in [0.4, 0.5) is 13.2 Å². The number of rotatable bonds is 4. The van der Waals surface area contributed by atoms with E-state index in [0.29, 0.717) is 5.75 Å². The molecular weight excluding hydrogens is 395 g/mol. The highest BCUT2D eigenvalue weighted by atomic mass is 79.9. The monoisotopic (exact) mass is 403 g/mol. The van der Waals surface area contributed by atoms with E-state index in [2.05, 4.69) is 25.0 Å². The van der Waals surface area contributed by atoms with Crippen LogP contribution in [0.2, 0.25) is 0 Å². The molecule has 0 aliphatic carbocycles. The van der Waals surface area contributed by atoms with Gasteiger partial charge in [-0.2, -0.15) is 4.37 Å². The zero-order valence-electron chi connectivity index (χ0n) is 11.4. The van der Waals surface area contributed by atoms with Crippen molar-refractivity contribution in [1.82, 2.24) is 4.37 Å². The molecule has 2 aromatic carbocycles. The molecule has 3 aromatic rings. The van der Waals surface area contributed by atoms with Crippen LogP contribution in [0.3, 0.4) is 0 Å². The number of nitrogens with zero attached hydrogens (tertiary/aromatic N) is 1. The van der Waals surface area contributed by atoms with Crippen molar-refractivity contribution in [2.75, 3.05) is 0 Å². The maximum atomic E-state index is 12.1. The number of hydrogen-bond acceptors (Lipinski definition) is 4. The van der Waals surface area contributed by atoms with Crippen LogP contribution in [0.15, 0.2) is 46.9 Å². The Morgan fingerprint density at radius 2 is 1.74 bits per heavy atom. The number of benzene rings is 2. The third-order valence-corrected chi connectivity index (χ3v) is 4.28. The molecule has 8 heteroatoms. The maximum absolute atomic E-state index is 12.1. The first-order valence-corrected chi connectivity index (χ1v) is 8.00. The van der Waals surface area contributed by atoms with Crippen molar-refractivity contribution >= 4 is 37.5 Å². The summed E-state index contributed by atoms with van der Waals surface area (Å²) in [5.74, 6) is 0.159. The Morgan fingerprint density at radius 3 is 2.43 bits per heavy atom.